The standard InChI is InChI=1S/C9H4F3NO3/c10-6-1-3-7(4-2-6)15-8(14)16-9(11,12)5-13/h1-4H. The fourth-order valence-corrected chi connectivity index (χ4v) is 0.747. The third-order valence-electron chi connectivity index (χ3n) is 1.36. The van der Waals surface area contributed by atoms with Crippen LogP contribution in [0.5, 0.6) is 5.75 Å². The molecule has 16 heavy (non-hydrogen) atoms. The fraction of sp³-hybridized carbons (Fsp3) is 0.111. The molecule has 7 heteroatoms. The predicted molar refractivity (Wildman–Crippen MR) is 44.1 cm³/mol. The van der Waals surface area contributed by atoms with Crippen LogP contribution in [0.2, 0.25) is 0 Å². The van der Waals surface area contributed by atoms with Crippen molar-refractivity contribution in [2.45, 2.75) is 6.11 Å². The number of hydrogen-bond acceptors (Lipinski definition) is 4. The smallest absolute Gasteiger partial charge is 0.395 e. The van der Waals surface area contributed by atoms with Crippen LogP contribution in [-0.4, -0.2) is 12.3 Å². The number of halogens is 3. The van der Waals surface area contributed by atoms with Crippen LogP contribution < -0.4 is 4.74 Å². The molecule has 0 saturated heterocycles. The van der Waals surface area contributed by atoms with Crippen LogP contribution in [0.4, 0.5) is 18.0 Å². The molecule has 0 aliphatic rings. The van der Waals surface area contributed by atoms with Crippen LogP contribution in [0.15, 0.2) is 24.3 Å². The minimum atomic E-state index is -4.25. The highest BCUT2D eigenvalue weighted by Crippen LogP contribution is 2.17. The zero-order valence-corrected chi connectivity index (χ0v) is 7.62. The van der Waals surface area contributed by atoms with Crippen molar-refractivity contribution in [3.63, 3.8) is 0 Å². The van der Waals surface area contributed by atoms with E-state index in [0.717, 1.165) is 24.3 Å². The van der Waals surface area contributed by atoms with Crippen molar-refractivity contribution in [2.24, 2.45) is 0 Å². The molecule has 0 fully saturated rings. The van der Waals surface area contributed by atoms with E-state index >= 15 is 0 Å². The lowest BCUT2D eigenvalue weighted by Gasteiger charge is -2.08. The van der Waals surface area contributed by atoms with Crippen molar-refractivity contribution in [2.75, 3.05) is 0 Å². The lowest BCUT2D eigenvalue weighted by molar-refractivity contribution is -0.159. The van der Waals surface area contributed by atoms with Crippen LogP contribution in [0.25, 0.3) is 0 Å². The number of carbonyl (C=O) groups excluding carboxylic acids is 1. The topological polar surface area (TPSA) is 59.3 Å². The van der Waals surface area contributed by atoms with Gasteiger partial charge in [0, 0.05) is 0 Å². The summed E-state index contributed by atoms with van der Waals surface area (Å²) in [5, 5.41) is 7.86. The molecular formula is C9H4F3NO3. The Hall–Kier alpha value is -2.23. The molecule has 4 nitrogen and oxygen atoms in total. The van der Waals surface area contributed by atoms with Gasteiger partial charge in [-0.05, 0) is 24.3 Å². The van der Waals surface area contributed by atoms with Crippen molar-refractivity contribution in [3.8, 4) is 11.8 Å². The monoisotopic (exact) mass is 231 g/mol. The molecule has 0 N–H and O–H groups in total. The van der Waals surface area contributed by atoms with Crippen molar-refractivity contribution in [3.05, 3.63) is 30.1 Å². The van der Waals surface area contributed by atoms with E-state index in [9.17, 15) is 18.0 Å². The zero-order chi connectivity index (χ0) is 12.2. The van der Waals surface area contributed by atoms with Crippen molar-refractivity contribution in [1.29, 1.82) is 5.26 Å². The Balaban J connectivity index is 2.59. The molecule has 0 amide bonds. The maximum atomic E-state index is 12.4. The molecule has 0 bridgehead atoms. The van der Waals surface area contributed by atoms with Crippen LogP contribution in [-0.2, 0) is 4.74 Å². The van der Waals surface area contributed by atoms with Crippen molar-refractivity contribution in [1.82, 2.24) is 0 Å². The number of carbonyl (C=O) groups is 1. The molecule has 0 spiro atoms. The largest absolute Gasteiger partial charge is 0.519 e. The van der Waals surface area contributed by atoms with Crippen molar-refractivity contribution < 1.29 is 27.4 Å². The number of ether oxygens (including phenoxy) is 2. The average molecular weight is 231 g/mol. The highest BCUT2D eigenvalue weighted by atomic mass is 19.3. The lowest BCUT2D eigenvalue weighted by atomic mass is 10.3. The summed E-state index contributed by atoms with van der Waals surface area (Å²) in [6.07, 6.45) is -6.00. The van der Waals surface area contributed by atoms with Gasteiger partial charge in [0.2, 0.25) is 0 Å². The first-order chi connectivity index (χ1) is 7.43. The Kier molecular flexibility index (Phi) is 3.35. The Morgan fingerprint density at radius 1 is 1.31 bits per heavy atom. The molecule has 1 aromatic carbocycles. The first-order valence-electron chi connectivity index (χ1n) is 3.88. The van der Waals surface area contributed by atoms with Gasteiger partial charge in [-0.2, -0.15) is 5.26 Å². The van der Waals surface area contributed by atoms with E-state index in [-0.39, 0.29) is 5.75 Å². The molecule has 0 unspecified atom stereocenters. The van der Waals surface area contributed by atoms with Gasteiger partial charge in [-0.25, -0.2) is 9.18 Å². The maximum absolute atomic E-state index is 12.4. The quantitative estimate of drug-likeness (QED) is 0.579. The molecule has 0 saturated carbocycles. The molecule has 84 valence electrons. The van der Waals surface area contributed by atoms with Gasteiger partial charge in [0.05, 0.1) is 0 Å². The SMILES string of the molecule is N#CC(F)(F)OC(=O)Oc1ccc(F)cc1. The number of nitrogens with zero attached hydrogens (tertiary/aromatic N) is 1. The summed E-state index contributed by atoms with van der Waals surface area (Å²) in [6, 6.07) is 4.46. The molecule has 1 aromatic rings. The van der Waals surface area contributed by atoms with Gasteiger partial charge in [-0.3, -0.25) is 0 Å². The summed E-state index contributed by atoms with van der Waals surface area (Å²) in [4.78, 5) is 10.7. The average Bonchev–Trinajstić information content (AvgIpc) is 2.21. The van der Waals surface area contributed by atoms with Gasteiger partial charge in [-0.15, -0.1) is 8.78 Å². The van der Waals surface area contributed by atoms with E-state index in [2.05, 4.69) is 9.47 Å². The second kappa shape index (κ2) is 4.53. The van der Waals surface area contributed by atoms with Gasteiger partial charge >= 0.3 is 12.3 Å². The second-order valence-electron chi connectivity index (χ2n) is 2.54. The number of nitriles is 1. The van der Waals surface area contributed by atoms with Crippen LogP contribution in [0, 0.1) is 17.1 Å². The van der Waals surface area contributed by atoms with Crippen LogP contribution >= 0.6 is 0 Å². The molecule has 0 aliphatic heterocycles. The number of rotatable bonds is 2. The first-order valence-corrected chi connectivity index (χ1v) is 3.88. The summed E-state index contributed by atoms with van der Waals surface area (Å²) in [7, 11) is 0. The van der Waals surface area contributed by atoms with Crippen LogP contribution in [0.3, 0.4) is 0 Å². The molecule has 0 heterocycles. The zero-order valence-electron chi connectivity index (χ0n) is 7.62. The molecule has 0 atom stereocenters. The summed E-state index contributed by atoms with van der Waals surface area (Å²) in [5.41, 5.74) is 0. The molecule has 0 aliphatic carbocycles. The van der Waals surface area contributed by atoms with Gasteiger partial charge in [0.15, 0.2) is 6.07 Å². The Labute approximate surface area is 87.8 Å². The van der Waals surface area contributed by atoms with Gasteiger partial charge < -0.3 is 9.47 Å². The Morgan fingerprint density at radius 2 is 1.88 bits per heavy atom. The van der Waals surface area contributed by atoms with E-state index in [1.165, 1.54) is 0 Å². The summed E-state index contributed by atoms with van der Waals surface area (Å²) < 4.78 is 44.5. The van der Waals surface area contributed by atoms with Gasteiger partial charge in [0.25, 0.3) is 0 Å². The minimum Gasteiger partial charge on any atom is -0.395 e. The number of alkyl halides is 2. The third kappa shape index (κ3) is 3.49. The normalized spacial score (nSPS) is 10.4. The van der Waals surface area contributed by atoms with Gasteiger partial charge in [0.1, 0.15) is 11.6 Å². The summed E-state index contributed by atoms with van der Waals surface area (Å²) in [6.45, 7) is 0. The Morgan fingerprint density at radius 3 is 2.38 bits per heavy atom. The number of hydrogen-bond donors (Lipinski definition) is 0. The van der Waals surface area contributed by atoms with Crippen LogP contribution in [0.1, 0.15) is 0 Å². The van der Waals surface area contributed by atoms with E-state index in [1.807, 2.05) is 0 Å². The molecule has 0 radical (unpaired) electrons. The molecular weight excluding hydrogens is 227 g/mol. The van der Waals surface area contributed by atoms with Gasteiger partial charge in [-0.1, -0.05) is 0 Å². The fourth-order valence-electron chi connectivity index (χ4n) is 0.747. The van der Waals surface area contributed by atoms with E-state index in [1.54, 1.807) is 0 Å². The second-order valence-corrected chi connectivity index (χ2v) is 2.54. The highest BCUT2D eigenvalue weighted by molar-refractivity contribution is 5.64. The van der Waals surface area contributed by atoms with E-state index in [4.69, 9.17) is 5.26 Å². The first kappa shape index (κ1) is 11.8. The summed E-state index contributed by atoms with van der Waals surface area (Å²) in [5.74, 6) is -0.761. The predicted octanol–water partition coefficient (Wildman–Crippen LogP) is 2.46. The Bertz CT molecular complexity index is 425. The van der Waals surface area contributed by atoms with E-state index in [0.29, 0.717) is 6.07 Å². The third-order valence-corrected chi connectivity index (χ3v) is 1.36. The van der Waals surface area contributed by atoms with E-state index < -0.39 is 18.1 Å². The summed E-state index contributed by atoms with van der Waals surface area (Å²) >= 11 is 0. The maximum Gasteiger partial charge on any atom is 0.519 e. The van der Waals surface area contributed by atoms with Crippen molar-refractivity contribution >= 4 is 6.16 Å². The highest BCUT2D eigenvalue weighted by Gasteiger charge is 2.35. The minimum absolute atomic E-state index is 0.180. The lowest BCUT2D eigenvalue weighted by Crippen LogP contribution is -2.25. The molecule has 1 rings (SSSR count). The number of benzene rings is 1. The molecule has 0 aromatic heterocycles.